The number of esters is 1. The second-order valence-corrected chi connectivity index (χ2v) is 12.8. The van der Waals surface area contributed by atoms with Gasteiger partial charge >= 0.3 is 5.97 Å². The van der Waals surface area contributed by atoms with Crippen molar-refractivity contribution in [2.24, 2.45) is 0 Å². The van der Waals surface area contributed by atoms with Gasteiger partial charge in [-0.25, -0.2) is 27.9 Å². The van der Waals surface area contributed by atoms with E-state index >= 15 is 13.2 Å². The maximum Gasteiger partial charge on any atom is 0.337 e. The summed E-state index contributed by atoms with van der Waals surface area (Å²) in [7, 11) is 1.29. The molecule has 48 heavy (non-hydrogen) atoms. The lowest BCUT2D eigenvalue weighted by atomic mass is 10.0. The standard InChI is InChI=1S/C34H23Cl4F3N4O3/c1-47-34(46)17-3-5-25-26(12-17)45(14-19-7-9-48-19)27(42-25)13-20-22(39)10-18(11-23(20)40)24-4-2-16-6-8-44(33(16)43-24)15-21-28(35)29(36)30(37)31(38)32(21)41/h2-6,8,10-12,19H,7,9,13-15H2,1H3/t19-/m0/s1. The quantitative estimate of drug-likeness (QED) is 0.0886. The van der Waals surface area contributed by atoms with Gasteiger partial charge < -0.3 is 18.6 Å². The van der Waals surface area contributed by atoms with E-state index in [1.54, 1.807) is 47.2 Å². The van der Waals surface area contributed by atoms with Crippen molar-refractivity contribution >= 4 is 74.4 Å². The highest BCUT2D eigenvalue weighted by Gasteiger charge is 2.25. The highest BCUT2D eigenvalue weighted by atomic mass is 35.5. The number of carbonyl (C=O) groups is 1. The average Bonchev–Trinajstić information content (AvgIpc) is 3.63. The van der Waals surface area contributed by atoms with E-state index in [4.69, 9.17) is 55.9 Å². The zero-order valence-corrected chi connectivity index (χ0v) is 28.0. The monoisotopic (exact) mass is 732 g/mol. The minimum absolute atomic E-state index is 0.0126. The number of methoxy groups -OCH3 is 1. The molecule has 7 rings (SSSR count). The molecule has 4 heterocycles. The molecule has 0 bridgehead atoms. The van der Waals surface area contributed by atoms with Crippen molar-refractivity contribution in [3.63, 3.8) is 0 Å². The first-order valence-corrected chi connectivity index (χ1v) is 16.2. The van der Waals surface area contributed by atoms with Crippen LogP contribution in [-0.2, 0) is 29.0 Å². The molecule has 7 nitrogen and oxygen atoms in total. The van der Waals surface area contributed by atoms with Crippen molar-refractivity contribution < 1.29 is 27.4 Å². The minimum atomic E-state index is -0.813. The van der Waals surface area contributed by atoms with Crippen LogP contribution in [0.2, 0.25) is 20.1 Å². The molecule has 246 valence electrons. The first kappa shape index (κ1) is 32.7. The van der Waals surface area contributed by atoms with E-state index in [-0.39, 0.29) is 61.5 Å². The molecule has 14 heteroatoms. The SMILES string of the molecule is COC(=O)c1ccc2nc(Cc3c(F)cc(-c4ccc5ccn(Cc6c(F)c(Cl)c(Cl)c(Cl)c6Cl)c5n4)cc3F)n(C[C@@H]3CCO3)c2c1. The zero-order valence-electron chi connectivity index (χ0n) is 25.0. The van der Waals surface area contributed by atoms with Crippen molar-refractivity contribution in [2.75, 3.05) is 13.7 Å². The van der Waals surface area contributed by atoms with E-state index in [2.05, 4.69) is 9.97 Å². The topological polar surface area (TPSA) is 71.2 Å². The summed E-state index contributed by atoms with van der Waals surface area (Å²) >= 11 is 24.5. The fraction of sp³-hybridized carbons (Fsp3) is 0.206. The van der Waals surface area contributed by atoms with Crippen LogP contribution >= 0.6 is 46.4 Å². The first-order chi connectivity index (χ1) is 23.0. The Bertz CT molecular complexity index is 2220. The van der Waals surface area contributed by atoms with Gasteiger partial charge in [-0.1, -0.05) is 46.4 Å². The Balaban J connectivity index is 1.23. The average molecular weight is 734 g/mol. The number of aromatic nitrogens is 4. The maximum atomic E-state index is 15.8. The van der Waals surface area contributed by atoms with Crippen LogP contribution in [0, 0.1) is 17.5 Å². The van der Waals surface area contributed by atoms with Gasteiger partial charge in [0.05, 0.1) is 68.7 Å². The Morgan fingerprint density at radius 1 is 0.938 bits per heavy atom. The van der Waals surface area contributed by atoms with Gasteiger partial charge in [-0.3, -0.25) is 0 Å². The van der Waals surface area contributed by atoms with Crippen LogP contribution in [0.1, 0.15) is 33.7 Å². The van der Waals surface area contributed by atoms with Gasteiger partial charge in [0.1, 0.15) is 28.9 Å². The number of hydrogen-bond acceptors (Lipinski definition) is 5. The van der Waals surface area contributed by atoms with E-state index in [9.17, 15) is 4.79 Å². The fourth-order valence-electron chi connectivity index (χ4n) is 5.77. The number of benzene rings is 3. The number of imidazole rings is 1. The number of halogens is 7. The fourth-order valence-corrected chi connectivity index (χ4v) is 6.70. The lowest BCUT2D eigenvalue weighted by Gasteiger charge is -2.27. The summed E-state index contributed by atoms with van der Waals surface area (Å²) in [4.78, 5) is 21.5. The van der Waals surface area contributed by atoms with Gasteiger partial charge in [-0.05, 0) is 55.0 Å². The summed E-state index contributed by atoms with van der Waals surface area (Å²) in [6.45, 7) is 0.950. The molecule has 3 aromatic carbocycles. The lowest BCUT2D eigenvalue weighted by Crippen LogP contribution is -2.31. The smallest absolute Gasteiger partial charge is 0.337 e. The predicted octanol–water partition coefficient (Wildman–Crippen LogP) is 9.30. The molecule has 3 aromatic heterocycles. The van der Waals surface area contributed by atoms with E-state index in [0.29, 0.717) is 46.6 Å². The van der Waals surface area contributed by atoms with Gasteiger partial charge in [0.15, 0.2) is 0 Å². The number of carbonyl (C=O) groups excluding carboxylic acids is 1. The van der Waals surface area contributed by atoms with Crippen molar-refractivity contribution in [3.8, 4) is 11.3 Å². The number of pyridine rings is 1. The van der Waals surface area contributed by atoms with Gasteiger partial charge in [0.2, 0.25) is 0 Å². The first-order valence-electron chi connectivity index (χ1n) is 14.7. The van der Waals surface area contributed by atoms with Crippen LogP contribution in [0.15, 0.2) is 54.7 Å². The molecule has 1 aliphatic heterocycles. The van der Waals surface area contributed by atoms with E-state index in [1.807, 2.05) is 4.57 Å². The Morgan fingerprint density at radius 3 is 2.35 bits per heavy atom. The van der Waals surface area contributed by atoms with Gasteiger partial charge in [0.25, 0.3) is 0 Å². The van der Waals surface area contributed by atoms with Gasteiger partial charge in [-0.2, -0.15) is 0 Å². The van der Waals surface area contributed by atoms with Crippen LogP contribution in [0.5, 0.6) is 0 Å². The molecule has 0 saturated carbocycles. The van der Waals surface area contributed by atoms with Crippen LogP contribution in [0.3, 0.4) is 0 Å². The van der Waals surface area contributed by atoms with Crippen LogP contribution in [-0.4, -0.2) is 44.9 Å². The summed E-state index contributed by atoms with van der Waals surface area (Å²) < 4.78 is 60.5. The Morgan fingerprint density at radius 2 is 1.67 bits per heavy atom. The van der Waals surface area contributed by atoms with E-state index in [0.717, 1.165) is 6.42 Å². The number of nitrogens with zero attached hydrogens (tertiary/aromatic N) is 4. The lowest BCUT2D eigenvalue weighted by molar-refractivity contribution is -0.0589. The third kappa shape index (κ3) is 5.79. The summed E-state index contributed by atoms with van der Waals surface area (Å²) in [6.07, 6.45) is 2.27. The van der Waals surface area contributed by atoms with Crippen molar-refractivity contribution in [3.05, 3.63) is 115 Å². The van der Waals surface area contributed by atoms with E-state index in [1.165, 1.54) is 19.2 Å². The van der Waals surface area contributed by atoms with Crippen molar-refractivity contribution in [2.45, 2.75) is 32.0 Å². The molecule has 0 radical (unpaired) electrons. The second-order valence-electron chi connectivity index (χ2n) is 11.3. The highest BCUT2D eigenvalue weighted by molar-refractivity contribution is 6.52. The summed E-state index contributed by atoms with van der Waals surface area (Å²) in [5.41, 5.74) is 2.26. The highest BCUT2D eigenvalue weighted by Crippen LogP contribution is 2.41. The predicted molar refractivity (Wildman–Crippen MR) is 179 cm³/mol. The Kier molecular flexibility index (Phi) is 8.80. The summed E-state index contributed by atoms with van der Waals surface area (Å²) in [5.74, 6) is -2.47. The summed E-state index contributed by atoms with van der Waals surface area (Å²) in [5, 5.41) is -0.00119. The number of fused-ring (bicyclic) bond motifs is 2. The molecule has 1 fully saturated rings. The molecular formula is C34H23Cl4F3N4O3. The van der Waals surface area contributed by atoms with Gasteiger partial charge in [-0.15, -0.1) is 0 Å². The van der Waals surface area contributed by atoms with Crippen molar-refractivity contribution in [1.82, 2.24) is 19.1 Å². The Hall–Kier alpha value is -3.80. The molecular weight excluding hydrogens is 711 g/mol. The zero-order chi connectivity index (χ0) is 33.9. The number of ether oxygens (including phenoxy) is 2. The third-order valence-corrected chi connectivity index (χ3v) is 10.3. The number of hydrogen-bond donors (Lipinski definition) is 0. The van der Waals surface area contributed by atoms with Crippen molar-refractivity contribution in [1.29, 1.82) is 0 Å². The normalized spacial score (nSPS) is 14.5. The van der Waals surface area contributed by atoms with Crippen LogP contribution < -0.4 is 0 Å². The van der Waals surface area contributed by atoms with Crippen LogP contribution in [0.4, 0.5) is 13.2 Å². The van der Waals surface area contributed by atoms with Gasteiger partial charge in [0, 0.05) is 41.3 Å². The molecule has 0 N–H and O–H groups in total. The molecule has 0 aliphatic carbocycles. The molecule has 1 atom stereocenters. The third-order valence-electron chi connectivity index (χ3n) is 8.44. The molecule has 6 aromatic rings. The molecule has 0 amide bonds. The summed E-state index contributed by atoms with van der Waals surface area (Å²) in [6, 6.07) is 12.5. The molecule has 0 unspecified atom stereocenters. The molecule has 1 saturated heterocycles. The molecule has 1 aliphatic rings. The largest absolute Gasteiger partial charge is 0.465 e. The Labute approximate surface area is 291 Å². The van der Waals surface area contributed by atoms with Crippen LogP contribution in [0.25, 0.3) is 33.3 Å². The second kappa shape index (κ2) is 12.9. The maximum absolute atomic E-state index is 15.8. The minimum Gasteiger partial charge on any atom is -0.465 e. The number of rotatable bonds is 8. The molecule has 0 spiro atoms. The van der Waals surface area contributed by atoms with E-state index < -0.39 is 23.4 Å².